The van der Waals surface area contributed by atoms with Crippen LogP contribution in [0.4, 0.5) is 4.39 Å². The van der Waals surface area contributed by atoms with Gasteiger partial charge in [-0.15, -0.1) is 0 Å². The number of hydrogen-bond acceptors (Lipinski definition) is 3. The first-order chi connectivity index (χ1) is 5.20. The van der Waals surface area contributed by atoms with Crippen LogP contribution in [0.1, 0.15) is 7.85 Å². The molecular formula is C6H13ClFNO2. The summed E-state index contributed by atoms with van der Waals surface area (Å²) >= 11 is 5.21. The summed E-state index contributed by atoms with van der Waals surface area (Å²) < 4.78 is 12.9. The maximum atomic E-state index is 12.9. The summed E-state index contributed by atoms with van der Waals surface area (Å²) in [5.41, 5.74) is 0. The fourth-order valence-electron chi connectivity index (χ4n) is 1.38. The van der Waals surface area contributed by atoms with Crippen molar-refractivity contribution in [2.75, 3.05) is 6.61 Å². The Morgan fingerprint density at radius 2 is 2.36 bits per heavy atom. The van der Waals surface area contributed by atoms with Gasteiger partial charge < -0.3 is 10.2 Å². The summed E-state index contributed by atoms with van der Waals surface area (Å²) in [5, 5.41) is 17.8. The van der Waals surface area contributed by atoms with Gasteiger partial charge in [0.2, 0.25) is 0 Å². The third kappa shape index (κ3) is 1.64. The molecule has 0 aromatic carbocycles. The Morgan fingerprint density at radius 3 is 2.64 bits per heavy atom. The molecule has 4 atom stereocenters. The number of nitrogens with one attached hydrogen (secondary N) is 1. The van der Waals surface area contributed by atoms with E-state index in [1.807, 2.05) is 0 Å². The molecule has 3 nitrogen and oxygen atoms in total. The molecule has 1 aliphatic carbocycles. The smallest absolute Gasteiger partial charge is 0.143 e. The fourth-order valence-corrected chi connectivity index (χ4v) is 1.59. The Morgan fingerprint density at radius 1 is 1.73 bits per heavy atom. The SMILES string of the molecule is OC[C@H]1C[C@@H](NCl)[C@H](F)[C@@H]1O.[2HH]. The summed E-state index contributed by atoms with van der Waals surface area (Å²) in [6.07, 6.45) is -2.08. The molecule has 1 aliphatic rings. The summed E-state index contributed by atoms with van der Waals surface area (Å²) in [5.74, 6) is -0.388. The van der Waals surface area contributed by atoms with Crippen molar-refractivity contribution in [1.29, 1.82) is 0 Å². The van der Waals surface area contributed by atoms with Gasteiger partial charge in [0.05, 0.1) is 12.1 Å². The van der Waals surface area contributed by atoms with Gasteiger partial charge in [0.15, 0.2) is 0 Å². The van der Waals surface area contributed by atoms with Gasteiger partial charge in [-0.05, 0) is 18.2 Å². The number of hydrogen-bond donors (Lipinski definition) is 3. The molecule has 0 aromatic rings. The van der Waals surface area contributed by atoms with Gasteiger partial charge in [-0.3, -0.25) is 0 Å². The first kappa shape index (κ1) is 9.19. The zero-order valence-corrected chi connectivity index (χ0v) is 6.63. The highest BCUT2D eigenvalue weighted by molar-refractivity contribution is 6.13. The third-order valence-electron chi connectivity index (χ3n) is 2.12. The zero-order valence-electron chi connectivity index (χ0n) is 5.87. The number of halogens is 2. The Balaban J connectivity index is 0.00000121. The van der Waals surface area contributed by atoms with E-state index in [1.54, 1.807) is 0 Å². The minimum absolute atomic E-state index is 0. The molecule has 0 heterocycles. The van der Waals surface area contributed by atoms with Crippen LogP contribution in [-0.2, 0) is 0 Å². The third-order valence-corrected chi connectivity index (χ3v) is 2.41. The van der Waals surface area contributed by atoms with E-state index in [4.69, 9.17) is 22.0 Å². The maximum Gasteiger partial charge on any atom is 0.143 e. The van der Waals surface area contributed by atoms with Crippen LogP contribution >= 0.6 is 11.8 Å². The normalized spacial score (nSPS) is 44.7. The summed E-state index contributed by atoms with van der Waals surface area (Å²) in [6.45, 7) is -0.198. The first-order valence-corrected chi connectivity index (χ1v) is 3.87. The van der Waals surface area contributed by atoms with E-state index in [2.05, 4.69) is 4.84 Å². The number of alkyl halides is 1. The second-order valence-corrected chi connectivity index (χ2v) is 3.05. The van der Waals surface area contributed by atoms with Gasteiger partial charge in [-0.1, -0.05) is 0 Å². The van der Waals surface area contributed by atoms with Crippen molar-refractivity contribution in [1.82, 2.24) is 4.84 Å². The molecule has 0 aliphatic heterocycles. The zero-order chi connectivity index (χ0) is 8.43. The molecule has 68 valence electrons. The van der Waals surface area contributed by atoms with Gasteiger partial charge in [0.1, 0.15) is 6.17 Å². The molecule has 3 N–H and O–H groups in total. The number of aliphatic hydroxyl groups is 2. The van der Waals surface area contributed by atoms with Crippen LogP contribution in [0, 0.1) is 5.92 Å². The molecule has 1 fully saturated rings. The largest absolute Gasteiger partial charge is 0.396 e. The quantitative estimate of drug-likeness (QED) is 0.535. The predicted molar refractivity (Wildman–Crippen MR) is 41.0 cm³/mol. The summed E-state index contributed by atoms with van der Waals surface area (Å²) in [7, 11) is 0. The van der Waals surface area contributed by atoms with Gasteiger partial charge in [-0.2, -0.15) is 0 Å². The average molecular weight is 187 g/mol. The molecule has 0 spiro atoms. The first-order valence-electron chi connectivity index (χ1n) is 3.50. The minimum atomic E-state index is -1.37. The second kappa shape index (κ2) is 3.67. The fraction of sp³-hybridized carbons (Fsp3) is 1.00. The van der Waals surface area contributed by atoms with E-state index in [0.717, 1.165) is 0 Å². The molecule has 0 saturated heterocycles. The van der Waals surface area contributed by atoms with Gasteiger partial charge >= 0.3 is 0 Å². The van der Waals surface area contributed by atoms with Crippen LogP contribution in [0.5, 0.6) is 0 Å². The van der Waals surface area contributed by atoms with Crippen LogP contribution in [0.25, 0.3) is 0 Å². The summed E-state index contributed by atoms with van der Waals surface area (Å²) in [6, 6.07) is -0.538. The lowest BCUT2D eigenvalue weighted by molar-refractivity contribution is 0.0430. The Labute approximate surface area is 70.8 Å². The van der Waals surface area contributed by atoms with E-state index in [0.29, 0.717) is 6.42 Å². The Bertz CT molecular complexity index is 125. The molecule has 0 unspecified atom stereocenters. The molecule has 11 heavy (non-hydrogen) atoms. The van der Waals surface area contributed by atoms with Crippen LogP contribution in [0.15, 0.2) is 0 Å². The van der Waals surface area contributed by atoms with Crippen LogP contribution in [0.2, 0.25) is 0 Å². The minimum Gasteiger partial charge on any atom is -0.396 e. The van der Waals surface area contributed by atoms with Crippen LogP contribution in [-0.4, -0.2) is 35.1 Å². The van der Waals surface area contributed by atoms with Crippen molar-refractivity contribution < 1.29 is 16.0 Å². The van der Waals surface area contributed by atoms with Crippen molar-refractivity contribution in [2.24, 2.45) is 5.92 Å². The van der Waals surface area contributed by atoms with Crippen molar-refractivity contribution >= 4 is 11.8 Å². The van der Waals surface area contributed by atoms with Gasteiger partial charge in [0.25, 0.3) is 0 Å². The predicted octanol–water partition coefficient (Wildman–Crippen LogP) is 0.0556. The molecular weight excluding hydrogens is 173 g/mol. The van der Waals surface area contributed by atoms with E-state index in [1.165, 1.54) is 0 Å². The molecule has 0 bridgehead atoms. The molecule has 1 rings (SSSR count). The monoisotopic (exact) mass is 186 g/mol. The van der Waals surface area contributed by atoms with Crippen LogP contribution < -0.4 is 4.84 Å². The van der Waals surface area contributed by atoms with Crippen molar-refractivity contribution in [2.45, 2.75) is 24.7 Å². The molecule has 1 saturated carbocycles. The molecule has 0 aromatic heterocycles. The Hall–Kier alpha value is 0.1000. The van der Waals surface area contributed by atoms with Crippen molar-refractivity contribution in [3.63, 3.8) is 0 Å². The van der Waals surface area contributed by atoms with E-state index in [9.17, 15) is 4.39 Å². The lowest BCUT2D eigenvalue weighted by Gasteiger charge is -2.11. The highest BCUT2D eigenvalue weighted by Gasteiger charge is 2.42. The van der Waals surface area contributed by atoms with Gasteiger partial charge in [0, 0.05) is 14.0 Å². The van der Waals surface area contributed by atoms with E-state index >= 15 is 0 Å². The molecule has 5 heteroatoms. The molecule has 0 amide bonds. The van der Waals surface area contributed by atoms with Crippen molar-refractivity contribution in [3.05, 3.63) is 0 Å². The number of rotatable bonds is 2. The van der Waals surface area contributed by atoms with E-state index in [-0.39, 0.29) is 14.0 Å². The second-order valence-electron chi connectivity index (χ2n) is 2.83. The van der Waals surface area contributed by atoms with Crippen LogP contribution in [0.3, 0.4) is 0 Å². The van der Waals surface area contributed by atoms with E-state index < -0.39 is 18.3 Å². The number of aliphatic hydroxyl groups excluding tert-OH is 2. The highest BCUT2D eigenvalue weighted by Crippen LogP contribution is 2.28. The Kier molecular flexibility index (Phi) is 3.06. The van der Waals surface area contributed by atoms with Crippen molar-refractivity contribution in [3.8, 4) is 0 Å². The topological polar surface area (TPSA) is 52.5 Å². The lowest BCUT2D eigenvalue weighted by atomic mass is 10.1. The maximum absolute atomic E-state index is 12.9. The average Bonchev–Trinajstić information content (AvgIpc) is 2.30. The summed E-state index contributed by atoms with van der Waals surface area (Å²) in [4.78, 5) is 2.23. The standard InChI is InChI=1S/C6H11ClFNO2.H2/c7-9-4-1-3(2-10)6(11)5(4)8;/h3-6,9-11H,1-2H2;1H/t3-,4-,5+,6-;/m1./s1/i;1+1. The highest BCUT2D eigenvalue weighted by atomic mass is 35.5. The van der Waals surface area contributed by atoms with Gasteiger partial charge in [-0.25, -0.2) is 9.23 Å². The lowest BCUT2D eigenvalue weighted by Crippen LogP contribution is -2.32. The molecule has 0 radical (unpaired) electrons.